The second-order valence-electron chi connectivity index (χ2n) is 6.53. The normalized spacial score (nSPS) is 11.7. The van der Waals surface area contributed by atoms with E-state index in [2.05, 4.69) is 10.1 Å². The molecule has 152 valence electrons. The fourth-order valence-corrected chi connectivity index (χ4v) is 3.93. The molecule has 0 saturated heterocycles. The van der Waals surface area contributed by atoms with Crippen LogP contribution in [0.3, 0.4) is 0 Å². The molecule has 0 N–H and O–H groups in total. The lowest BCUT2D eigenvalue weighted by atomic mass is 10.1. The molecule has 4 rings (SSSR count). The zero-order valence-electron chi connectivity index (χ0n) is 16.5. The zero-order chi connectivity index (χ0) is 21.1. The van der Waals surface area contributed by atoms with Gasteiger partial charge in [-0.2, -0.15) is 4.52 Å². The van der Waals surface area contributed by atoms with Crippen molar-refractivity contribution >= 4 is 28.3 Å². The summed E-state index contributed by atoms with van der Waals surface area (Å²) in [5, 5.41) is 4.36. The highest BCUT2D eigenvalue weighted by atomic mass is 32.1. The Morgan fingerprint density at radius 3 is 2.67 bits per heavy atom. The predicted molar refractivity (Wildman–Crippen MR) is 114 cm³/mol. The van der Waals surface area contributed by atoms with Gasteiger partial charge in [-0.25, -0.2) is 4.98 Å². The maximum atomic E-state index is 12.8. The molecular formula is C22H19N3O4S. The Hall–Kier alpha value is -3.52. The van der Waals surface area contributed by atoms with E-state index in [1.807, 2.05) is 37.3 Å². The first-order valence-corrected chi connectivity index (χ1v) is 10.2. The molecule has 0 spiro atoms. The van der Waals surface area contributed by atoms with E-state index < -0.39 is 5.97 Å². The highest BCUT2D eigenvalue weighted by molar-refractivity contribution is 7.15. The summed E-state index contributed by atoms with van der Waals surface area (Å²) in [6, 6.07) is 15.0. The van der Waals surface area contributed by atoms with Gasteiger partial charge in [-0.1, -0.05) is 47.7 Å². The number of rotatable bonds is 6. The lowest BCUT2D eigenvalue weighted by Crippen LogP contribution is -2.23. The minimum atomic E-state index is -0.425. The minimum Gasteiger partial charge on any atom is -0.490 e. The van der Waals surface area contributed by atoms with Crippen molar-refractivity contribution in [1.29, 1.82) is 0 Å². The molecule has 0 radical (unpaired) electrons. The van der Waals surface area contributed by atoms with Crippen molar-refractivity contribution in [3.05, 3.63) is 80.4 Å². The number of benzene rings is 2. The number of ether oxygens (including phenoxy) is 2. The number of fused-ring (bicyclic) bond motifs is 1. The number of aromatic nitrogens is 3. The number of carbonyl (C=O) groups is 1. The minimum absolute atomic E-state index is 0.219. The van der Waals surface area contributed by atoms with Crippen molar-refractivity contribution in [1.82, 2.24) is 14.6 Å². The summed E-state index contributed by atoms with van der Waals surface area (Å²) in [5.41, 5.74) is 1.62. The van der Waals surface area contributed by atoms with Crippen LogP contribution in [0.1, 0.15) is 30.8 Å². The summed E-state index contributed by atoms with van der Waals surface area (Å²) < 4.78 is 12.6. The van der Waals surface area contributed by atoms with Crippen LogP contribution >= 0.6 is 11.3 Å². The first kappa shape index (κ1) is 19.8. The molecule has 0 fully saturated rings. The standard InChI is InChI=1S/C22H19N3O4S/c1-3-28-18-11-16(9-10-17(18)29-14(2)26)12-19-21(27)25-22(30-19)23-20(24-25)13-15-7-5-4-6-8-15/h4-12H,3,13H2,1-2H3/b19-12-. The Labute approximate surface area is 176 Å². The number of thiazole rings is 1. The first-order valence-electron chi connectivity index (χ1n) is 9.43. The lowest BCUT2D eigenvalue weighted by molar-refractivity contribution is -0.132. The van der Waals surface area contributed by atoms with Gasteiger partial charge in [0.1, 0.15) is 0 Å². The SMILES string of the molecule is CCOc1cc(/C=c2\sc3nc(Cc4ccccc4)nn3c2=O)ccc1OC(C)=O. The largest absolute Gasteiger partial charge is 0.490 e. The average Bonchev–Trinajstić information content (AvgIpc) is 3.23. The molecule has 2 heterocycles. The van der Waals surface area contributed by atoms with Gasteiger partial charge in [0.15, 0.2) is 17.3 Å². The van der Waals surface area contributed by atoms with E-state index in [-0.39, 0.29) is 5.56 Å². The van der Waals surface area contributed by atoms with E-state index in [1.165, 1.54) is 22.8 Å². The van der Waals surface area contributed by atoms with Crippen molar-refractivity contribution in [2.75, 3.05) is 6.61 Å². The van der Waals surface area contributed by atoms with Crippen LogP contribution in [0.5, 0.6) is 11.5 Å². The third kappa shape index (κ3) is 4.23. The molecular weight excluding hydrogens is 402 g/mol. The Bertz CT molecular complexity index is 1310. The van der Waals surface area contributed by atoms with Crippen LogP contribution in [0, 0.1) is 0 Å². The summed E-state index contributed by atoms with van der Waals surface area (Å²) in [4.78, 5) is 29.1. The fourth-order valence-electron chi connectivity index (χ4n) is 3.00. The molecule has 2 aromatic heterocycles. The smallest absolute Gasteiger partial charge is 0.308 e. The molecule has 2 aromatic carbocycles. The number of esters is 1. The van der Waals surface area contributed by atoms with Crippen LogP contribution in [0.4, 0.5) is 0 Å². The summed E-state index contributed by atoms with van der Waals surface area (Å²) in [7, 11) is 0. The predicted octanol–water partition coefficient (Wildman–Crippen LogP) is 2.61. The number of hydrogen-bond acceptors (Lipinski definition) is 7. The summed E-state index contributed by atoms with van der Waals surface area (Å²) in [6.45, 7) is 3.60. The maximum absolute atomic E-state index is 12.8. The van der Waals surface area contributed by atoms with Gasteiger partial charge < -0.3 is 9.47 Å². The highest BCUT2D eigenvalue weighted by Gasteiger charge is 2.12. The van der Waals surface area contributed by atoms with E-state index in [0.717, 1.165) is 11.1 Å². The van der Waals surface area contributed by atoms with E-state index in [9.17, 15) is 9.59 Å². The second-order valence-corrected chi connectivity index (χ2v) is 7.54. The van der Waals surface area contributed by atoms with Gasteiger partial charge in [0.05, 0.1) is 11.1 Å². The molecule has 0 bridgehead atoms. The maximum Gasteiger partial charge on any atom is 0.308 e. The van der Waals surface area contributed by atoms with Crippen LogP contribution in [0.15, 0.2) is 53.3 Å². The monoisotopic (exact) mass is 421 g/mol. The van der Waals surface area contributed by atoms with Gasteiger partial charge in [-0.15, -0.1) is 5.10 Å². The Kier molecular flexibility index (Phi) is 5.58. The Morgan fingerprint density at radius 2 is 1.97 bits per heavy atom. The molecule has 0 saturated carbocycles. The Balaban J connectivity index is 1.66. The summed E-state index contributed by atoms with van der Waals surface area (Å²) >= 11 is 1.28. The van der Waals surface area contributed by atoms with E-state index in [4.69, 9.17) is 9.47 Å². The van der Waals surface area contributed by atoms with Gasteiger partial charge in [0, 0.05) is 13.3 Å². The van der Waals surface area contributed by atoms with Crippen LogP contribution in [0.25, 0.3) is 11.0 Å². The number of hydrogen-bond donors (Lipinski definition) is 0. The van der Waals surface area contributed by atoms with Gasteiger partial charge >= 0.3 is 5.97 Å². The average molecular weight is 421 g/mol. The van der Waals surface area contributed by atoms with E-state index in [0.29, 0.717) is 39.8 Å². The van der Waals surface area contributed by atoms with Gasteiger partial charge in [-0.3, -0.25) is 9.59 Å². The quantitative estimate of drug-likeness (QED) is 0.352. The molecule has 7 nitrogen and oxygen atoms in total. The van der Waals surface area contributed by atoms with Gasteiger partial charge in [-0.05, 0) is 36.3 Å². The molecule has 0 amide bonds. The first-order chi connectivity index (χ1) is 14.5. The lowest BCUT2D eigenvalue weighted by Gasteiger charge is -2.10. The van der Waals surface area contributed by atoms with Gasteiger partial charge in [0.25, 0.3) is 5.56 Å². The van der Waals surface area contributed by atoms with Crippen molar-refractivity contribution in [2.45, 2.75) is 20.3 Å². The molecule has 0 unspecified atom stereocenters. The van der Waals surface area contributed by atoms with Crippen molar-refractivity contribution < 1.29 is 14.3 Å². The fraction of sp³-hybridized carbons (Fsp3) is 0.182. The highest BCUT2D eigenvalue weighted by Crippen LogP contribution is 2.29. The second kappa shape index (κ2) is 8.46. The van der Waals surface area contributed by atoms with Crippen LogP contribution in [0.2, 0.25) is 0 Å². The molecule has 8 heteroatoms. The topological polar surface area (TPSA) is 82.8 Å². The summed E-state index contributed by atoms with van der Waals surface area (Å²) in [6.07, 6.45) is 2.32. The summed E-state index contributed by atoms with van der Waals surface area (Å²) in [5.74, 6) is 0.974. The van der Waals surface area contributed by atoms with Crippen molar-refractivity contribution in [2.24, 2.45) is 0 Å². The van der Waals surface area contributed by atoms with E-state index >= 15 is 0 Å². The van der Waals surface area contributed by atoms with E-state index in [1.54, 1.807) is 24.3 Å². The molecule has 0 aliphatic carbocycles. The van der Waals surface area contributed by atoms with Crippen molar-refractivity contribution in [3.63, 3.8) is 0 Å². The molecule has 30 heavy (non-hydrogen) atoms. The van der Waals surface area contributed by atoms with Crippen LogP contribution in [-0.2, 0) is 11.2 Å². The third-order valence-electron chi connectivity index (χ3n) is 4.25. The molecule has 0 aliphatic heterocycles. The molecule has 0 atom stereocenters. The molecule has 4 aromatic rings. The zero-order valence-corrected chi connectivity index (χ0v) is 17.3. The third-order valence-corrected chi connectivity index (χ3v) is 5.21. The number of carbonyl (C=O) groups excluding carboxylic acids is 1. The Morgan fingerprint density at radius 1 is 1.17 bits per heavy atom. The van der Waals surface area contributed by atoms with Crippen molar-refractivity contribution in [3.8, 4) is 11.5 Å². The number of nitrogens with zero attached hydrogens (tertiary/aromatic N) is 3. The molecule has 0 aliphatic rings. The van der Waals surface area contributed by atoms with Crippen LogP contribution < -0.4 is 19.6 Å². The van der Waals surface area contributed by atoms with Gasteiger partial charge in [0.2, 0.25) is 4.96 Å². The van der Waals surface area contributed by atoms with Crippen LogP contribution in [-0.4, -0.2) is 27.2 Å².